The molecule has 3 aromatic rings. The minimum absolute atomic E-state index is 0.0971. The molecule has 2 aromatic carbocycles. The van der Waals surface area contributed by atoms with Gasteiger partial charge in [0.1, 0.15) is 5.75 Å². The number of nitrogens with one attached hydrogen (secondary N) is 1. The Labute approximate surface area is 135 Å². The smallest absolute Gasteiger partial charge is 0.265 e. The highest BCUT2D eigenvalue weighted by molar-refractivity contribution is 7.17. The molecule has 3 rings (SSSR count). The van der Waals surface area contributed by atoms with Gasteiger partial charge in [-0.15, -0.1) is 11.3 Å². The molecule has 23 heavy (non-hydrogen) atoms. The molecule has 0 aliphatic heterocycles. The second-order valence-electron chi connectivity index (χ2n) is 5.00. The van der Waals surface area contributed by atoms with Crippen LogP contribution in [0.1, 0.15) is 6.92 Å². The molecule has 1 N–H and O–H groups in total. The first kappa shape index (κ1) is 15.4. The van der Waals surface area contributed by atoms with E-state index in [-0.39, 0.29) is 11.7 Å². The molecule has 1 unspecified atom stereocenters. The van der Waals surface area contributed by atoms with Crippen molar-refractivity contribution >= 4 is 33.0 Å². The summed E-state index contributed by atoms with van der Waals surface area (Å²) in [5.74, 6) is -2.25. The van der Waals surface area contributed by atoms with Gasteiger partial charge in [-0.1, -0.05) is 0 Å². The van der Waals surface area contributed by atoms with Crippen LogP contribution in [0, 0.1) is 11.6 Å². The second kappa shape index (κ2) is 6.34. The van der Waals surface area contributed by atoms with Gasteiger partial charge in [-0.2, -0.15) is 0 Å². The molecule has 6 heteroatoms. The van der Waals surface area contributed by atoms with Crippen LogP contribution >= 0.6 is 11.3 Å². The fourth-order valence-corrected chi connectivity index (χ4v) is 2.87. The van der Waals surface area contributed by atoms with Gasteiger partial charge in [0, 0.05) is 16.5 Å². The Hall–Kier alpha value is -2.47. The number of hydrogen-bond acceptors (Lipinski definition) is 3. The zero-order chi connectivity index (χ0) is 16.4. The average Bonchev–Trinajstić information content (AvgIpc) is 2.98. The SMILES string of the molecule is CC(Oc1ccc(F)c(F)c1)C(=O)Nc1ccc2sccc2c1. The van der Waals surface area contributed by atoms with Crippen LogP contribution in [0.25, 0.3) is 10.1 Å². The normalized spacial score (nSPS) is 12.1. The number of carbonyl (C=O) groups excluding carboxylic acids is 1. The lowest BCUT2D eigenvalue weighted by Crippen LogP contribution is -2.30. The highest BCUT2D eigenvalue weighted by atomic mass is 32.1. The van der Waals surface area contributed by atoms with E-state index < -0.39 is 17.7 Å². The topological polar surface area (TPSA) is 38.3 Å². The number of anilines is 1. The van der Waals surface area contributed by atoms with Crippen molar-refractivity contribution in [3.63, 3.8) is 0 Å². The molecule has 0 aliphatic carbocycles. The first-order valence-electron chi connectivity index (χ1n) is 6.93. The van der Waals surface area contributed by atoms with Gasteiger partial charge >= 0.3 is 0 Å². The second-order valence-corrected chi connectivity index (χ2v) is 5.95. The van der Waals surface area contributed by atoms with Crippen molar-refractivity contribution in [1.82, 2.24) is 0 Å². The van der Waals surface area contributed by atoms with E-state index in [1.54, 1.807) is 24.3 Å². The van der Waals surface area contributed by atoms with Gasteiger partial charge in [0.05, 0.1) is 0 Å². The lowest BCUT2D eigenvalue weighted by Gasteiger charge is -2.15. The van der Waals surface area contributed by atoms with Gasteiger partial charge in [-0.05, 0) is 54.1 Å². The number of halogens is 2. The number of rotatable bonds is 4. The van der Waals surface area contributed by atoms with E-state index >= 15 is 0 Å². The Morgan fingerprint density at radius 2 is 1.96 bits per heavy atom. The Kier molecular flexibility index (Phi) is 4.25. The van der Waals surface area contributed by atoms with E-state index in [9.17, 15) is 13.6 Å². The molecule has 0 bridgehead atoms. The van der Waals surface area contributed by atoms with Gasteiger partial charge in [-0.3, -0.25) is 4.79 Å². The molecule has 0 aliphatic rings. The maximum Gasteiger partial charge on any atom is 0.265 e. The minimum Gasteiger partial charge on any atom is -0.481 e. The fraction of sp³-hybridized carbons (Fsp3) is 0.118. The largest absolute Gasteiger partial charge is 0.481 e. The maximum atomic E-state index is 13.1. The number of amides is 1. The van der Waals surface area contributed by atoms with E-state index in [4.69, 9.17) is 4.74 Å². The van der Waals surface area contributed by atoms with Crippen LogP contribution in [0.5, 0.6) is 5.75 Å². The number of benzene rings is 2. The summed E-state index contributed by atoms with van der Waals surface area (Å²) in [4.78, 5) is 12.1. The first-order valence-corrected chi connectivity index (χ1v) is 7.81. The molecule has 1 amide bonds. The summed E-state index contributed by atoms with van der Waals surface area (Å²) in [5, 5.41) is 5.76. The standard InChI is InChI=1S/C17H13F2NO2S/c1-10(22-13-3-4-14(18)15(19)9-13)17(21)20-12-2-5-16-11(8-12)6-7-23-16/h2-10H,1H3,(H,20,21). The Bertz CT molecular complexity index is 863. The summed E-state index contributed by atoms with van der Waals surface area (Å²) < 4.78 is 32.5. The number of carbonyl (C=O) groups is 1. The van der Waals surface area contributed by atoms with E-state index in [0.29, 0.717) is 5.69 Å². The fourth-order valence-electron chi connectivity index (χ4n) is 2.10. The lowest BCUT2D eigenvalue weighted by molar-refractivity contribution is -0.122. The molecule has 1 heterocycles. The summed E-state index contributed by atoms with van der Waals surface area (Å²) in [6.45, 7) is 1.54. The van der Waals surface area contributed by atoms with Crippen molar-refractivity contribution in [3.8, 4) is 5.75 Å². The van der Waals surface area contributed by atoms with Gasteiger partial charge < -0.3 is 10.1 Å². The predicted molar refractivity (Wildman–Crippen MR) is 86.9 cm³/mol. The van der Waals surface area contributed by atoms with Crippen molar-refractivity contribution < 1.29 is 18.3 Å². The molecular weight excluding hydrogens is 320 g/mol. The van der Waals surface area contributed by atoms with E-state index in [1.807, 2.05) is 23.6 Å². The van der Waals surface area contributed by atoms with Crippen molar-refractivity contribution in [2.75, 3.05) is 5.32 Å². The molecule has 3 nitrogen and oxygen atoms in total. The predicted octanol–water partition coefficient (Wildman–Crippen LogP) is 4.59. The molecule has 1 aromatic heterocycles. The minimum atomic E-state index is -1.02. The van der Waals surface area contributed by atoms with E-state index in [1.165, 1.54) is 6.07 Å². The molecule has 0 radical (unpaired) electrons. The number of thiophene rings is 1. The number of fused-ring (bicyclic) bond motifs is 1. The van der Waals surface area contributed by atoms with Crippen LogP contribution in [0.15, 0.2) is 47.8 Å². The summed E-state index contributed by atoms with van der Waals surface area (Å²) in [5.41, 5.74) is 0.654. The molecule has 0 spiro atoms. The van der Waals surface area contributed by atoms with Crippen LogP contribution in [0.4, 0.5) is 14.5 Å². The van der Waals surface area contributed by atoms with Crippen molar-refractivity contribution in [3.05, 3.63) is 59.5 Å². The van der Waals surface area contributed by atoms with Crippen LogP contribution in [-0.4, -0.2) is 12.0 Å². The quantitative estimate of drug-likeness (QED) is 0.758. The third kappa shape index (κ3) is 3.48. The number of hydrogen-bond donors (Lipinski definition) is 1. The Morgan fingerprint density at radius 3 is 2.74 bits per heavy atom. The van der Waals surface area contributed by atoms with Crippen molar-refractivity contribution in [2.24, 2.45) is 0 Å². The van der Waals surface area contributed by atoms with Crippen molar-refractivity contribution in [2.45, 2.75) is 13.0 Å². The van der Waals surface area contributed by atoms with Crippen LogP contribution < -0.4 is 10.1 Å². The molecular formula is C17H13F2NO2S. The van der Waals surface area contributed by atoms with Crippen molar-refractivity contribution in [1.29, 1.82) is 0 Å². The third-order valence-corrected chi connectivity index (χ3v) is 4.19. The molecule has 0 saturated heterocycles. The molecule has 1 atom stereocenters. The summed E-state index contributed by atoms with van der Waals surface area (Å²) in [7, 11) is 0. The van der Waals surface area contributed by atoms with Crippen LogP contribution in [-0.2, 0) is 4.79 Å². The monoisotopic (exact) mass is 333 g/mol. The summed E-state index contributed by atoms with van der Waals surface area (Å²) >= 11 is 1.62. The van der Waals surface area contributed by atoms with Gasteiger partial charge in [0.2, 0.25) is 0 Å². The number of ether oxygens (including phenoxy) is 1. The molecule has 118 valence electrons. The Balaban J connectivity index is 1.67. The van der Waals surface area contributed by atoms with E-state index in [2.05, 4.69) is 5.32 Å². The Morgan fingerprint density at radius 1 is 1.13 bits per heavy atom. The third-order valence-electron chi connectivity index (χ3n) is 3.29. The highest BCUT2D eigenvalue weighted by Crippen LogP contribution is 2.24. The molecule has 0 saturated carbocycles. The zero-order valence-corrected chi connectivity index (χ0v) is 13.0. The average molecular weight is 333 g/mol. The van der Waals surface area contributed by atoms with Crippen LogP contribution in [0.2, 0.25) is 0 Å². The van der Waals surface area contributed by atoms with E-state index in [0.717, 1.165) is 22.2 Å². The lowest BCUT2D eigenvalue weighted by atomic mass is 10.2. The summed E-state index contributed by atoms with van der Waals surface area (Å²) in [6, 6.07) is 10.7. The zero-order valence-electron chi connectivity index (χ0n) is 12.2. The first-order chi connectivity index (χ1) is 11.0. The van der Waals surface area contributed by atoms with Crippen LogP contribution in [0.3, 0.4) is 0 Å². The van der Waals surface area contributed by atoms with Gasteiger partial charge in [-0.25, -0.2) is 8.78 Å². The van der Waals surface area contributed by atoms with Gasteiger partial charge in [0.25, 0.3) is 5.91 Å². The maximum absolute atomic E-state index is 13.1. The summed E-state index contributed by atoms with van der Waals surface area (Å²) in [6.07, 6.45) is -0.849. The molecule has 0 fully saturated rings. The van der Waals surface area contributed by atoms with Gasteiger partial charge in [0.15, 0.2) is 17.7 Å². The highest BCUT2D eigenvalue weighted by Gasteiger charge is 2.16.